The summed E-state index contributed by atoms with van der Waals surface area (Å²) in [7, 11) is 0. The van der Waals surface area contributed by atoms with Crippen LogP contribution in [0.15, 0.2) is 60.7 Å². The van der Waals surface area contributed by atoms with E-state index in [-0.39, 0.29) is 0 Å². The summed E-state index contributed by atoms with van der Waals surface area (Å²) in [6, 6.07) is 22.5. The molecule has 0 aromatic heterocycles. The summed E-state index contributed by atoms with van der Waals surface area (Å²) in [4.78, 5) is 0. The largest absolute Gasteiger partial charge is 0.0622 e. The fourth-order valence-corrected chi connectivity index (χ4v) is 5.49. The van der Waals surface area contributed by atoms with Crippen molar-refractivity contribution in [2.45, 2.75) is 37.5 Å². The Hall–Kier alpha value is -1.56. The SMILES string of the molecule is CC1C(C)C2(c3ccccc3)CCC12c1ccccc1. The van der Waals surface area contributed by atoms with Crippen molar-refractivity contribution < 1.29 is 0 Å². The van der Waals surface area contributed by atoms with E-state index in [4.69, 9.17) is 0 Å². The summed E-state index contributed by atoms with van der Waals surface area (Å²) >= 11 is 0. The van der Waals surface area contributed by atoms with Gasteiger partial charge in [0.05, 0.1) is 0 Å². The van der Waals surface area contributed by atoms with E-state index in [1.165, 1.54) is 12.8 Å². The number of benzene rings is 2. The molecule has 2 aromatic carbocycles. The molecule has 0 heteroatoms. The minimum atomic E-state index is 0.384. The van der Waals surface area contributed by atoms with Crippen LogP contribution in [0.5, 0.6) is 0 Å². The second-order valence-corrected chi connectivity index (χ2v) is 6.75. The number of rotatable bonds is 2. The van der Waals surface area contributed by atoms with Gasteiger partial charge in [0.15, 0.2) is 0 Å². The molecule has 0 spiro atoms. The van der Waals surface area contributed by atoms with Crippen LogP contribution in [0.25, 0.3) is 0 Å². The molecule has 0 nitrogen and oxygen atoms in total. The normalized spacial score (nSPS) is 38.5. The van der Waals surface area contributed by atoms with E-state index in [0.717, 1.165) is 11.8 Å². The second-order valence-electron chi connectivity index (χ2n) is 6.75. The summed E-state index contributed by atoms with van der Waals surface area (Å²) in [6.45, 7) is 4.91. The average Bonchev–Trinajstić information content (AvgIpc) is 2.49. The quantitative estimate of drug-likeness (QED) is 0.719. The fourth-order valence-electron chi connectivity index (χ4n) is 5.49. The van der Waals surface area contributed by atoms with Crippen LogP contribution >= 0.6 is 0 Å². The molecule has 2 aromatic rings. The van der Waals surface area contributed by atoms with Crippen molar-refractivity contribution >= 4 is 0 Å². The van der Waals surface area contributed by atoms with Gasteiger partial charge in [-0.3, -0.25) is 0 Å². The molecule has 0 radical (unpaired) electrons. The first-order valence-corrected chi connectivity index (χ1v) is 7.84. The lowest BCUT2D eigenvalue weighted by molar-refractivity contribution is -0.155. The van der Waals surface area contributed by atoms with Gasteiger partial charge >= 0.3 is 0 Å². The molecular weight excluding hydrogens is 240 g/mol. The highest BCUT2D eigenvalue weighted by atomic mass is 14.8. The zero-order chi connectivity index (χ0) is 13.8. The Labute approximate surface area is 121 Å². The van der Waals surface area contributed by atoms with Crippen molar-refractivity contribution in [2.75, 3.05) is 0 Å². The molecule has 0 bridgehead atoms. The maximum Gasteiger partial charge on any atom is 0.00812 e. The summed E-state index contributed by atoms with van der Waals surface area (Å²) in [5.74, 6) is 1.55. The maximum atomic E-state index is 2.46. The zero-order valence-electron chi connectivity index (χ0n) is 12.3. The fraction of sp³-hybridized carbons (Fsp3) is 0.400. The van der Waals surface area contributed by atoms with E-state index in [1.807, 2.05) is 0 Å². The molecule has 20 heavy (non-hydrogen) atoms. The average molecular weight is 262 g/mol. The third-order valence-corrected chi connectivity index (χ3v) is 6.59. The smallest absolute Gasteiger partial charge is 0.00812 e. The topological polar surface area (TPSA) is 0 Å². The molecule has 0 amide bonds. The highest BCUT2D eigenvalue weighted by molar-refractivity contribution is 5.50. The van der Waals surface area contributed by atoms with Crippen molar-refractivity contribution in [2.24, 2.45) is 11.8 Å². The van der Waals surface area contributed by atoms with Gasteiger partial charge in [0, 0.05) is 10.8 Å². The van der Waals surface area contributed by atoms with Gasteiger partial charge in [-0.05, 0) is 35.8 Å². The third-order valence-electron chi connectivity index (χ3n) is 6.59. The lowest BCUT2D eigenvalue weighted by atomic mass is 9.26. The van der Waals surface area contributed by atoms with Gasteiger partial charge in [-0.2, -0.15) is 0 Å². The Morgan fingerprint density at radius 1 is 0.650 bits per heavy atom. The predicted molar refractivity (Wildman–Crippen MR) is 83.8 cm³/mol. The number of hydrogen-bond acceptors (Lipinski definition) is 0. The van der Waals surface area contributed by atoms with Crippen LogP contribution in [-0.4, -0.2) is 0 Å². The third kappa shape index (κ3) is 1.15. The number of hydrogen-bond donors (Lipinski definition) is 0. The zero-order valence-corrected chi connectivity index (χ0v) is 12.3. The van der Waals surface area contributed by atoms with E-state index in [0.29, 0.717) is 10.8 Å². The summed E-state index contributed by atoms with van der Waals surface area (Å²) in [5, 5.41) is 0. The molecule has 0 aliphatic heterocycles. The van der Waals surface area contributed by atoms with E-state index in [1.54, 1.807) is 11.1 Å². The van der Waals surface area contributed by atoms with Crippen LogP contribution in [-0.2, 0) is 10.8 Å². The van der Waals surface area contributed by atoms with Crippen LogP contribution in [0.1, 0.15) is 37.8 Å². The monoisotopic (exact) mass is 262 g/mol. The molecule has 4 unspecified atom stereocenters. The van der Waals surface area contributed by atoms with Gasteiger partial charge in [-0.1, -0.05) is 74.5 Å². The predicted octanol–water partition coefficient (Wildman–Crippen LogP) is 4.94. The van der Waals surface area contributed by atoms with Gasteiger partial charge < -0.3 is 0 Å². The first kappa shape index (κ1) is 12.2. The molecule has 0 saturated heterocycles. The highest BCUT2D eigenvalue weighted by Gasteiger charge is 2.74. The molecule has 4 atom stereocenters. The number of fused-ring (bicyclic) bond motifs is 1. The summed E-state index contributed by atoms with van der Waals surface area (Å²) in [6.07, 6.45) is 2.69. The Balaban J connectivity index is 1.88. The maximum absolute atomic E-state index is 2.46. The van der Waals surface area contributed by atoms with Gasteiger partial charge in [-0.15, -0.1) is 0 Å². The van der Waals surface area contributed by atoms with Crippen molar-refractivity contribution in [1.29, 1.82) is 0 Å². The van der Waals surface area contributed by atoms with Crippen molar-refractivity contribution in [3.63, 3.8) is 0 Å². The molecule has 102 valence electrons. The standard InChI is InChI=1S/C20H22/c1-15-16(2)20(18-11-7-4-8-12-18)14-13-19(15,20)17-9-5-3-6-10-17/h3-12,15-16H,13-14H2,1-2H3. The van der Waals surface area contributed by atoms with Gasteiger partial charge in [0.25, 0.3) is 0 Å². The molecule has 2 fully saturated rings. The van der Waals surface area contributed by atoms with E-state index in [2.05, 4.69) is 74.5 Å². The Morgan fingerprint density at radius 3 is 1.30 bits per heavy atom. The molecule has 4 rings (SSSR count). The lowest BCUT2D eigenvalue weighted by Gasteiger charge is -2.76. The molecular formula is C20H22. The molecule has 0 heterocycles. The lowest BCUT2D eigenvalue weighted by Crippen LogP contribution is -2.75. The van der Waals surface area contributed by atoms with Crippen LogP contribution in [0.3, 0.4) is 0 Å². The van der Waals surface area contributed by atoms with Crippen LogP contribution in [0, 0.1) is 11.8 Å². The van der Waals surface area contributed by atoms with Crippen molar-refractivity contribution in [3.05, 3.63) is 71.8 Å². The summed E-state index contributed by atoms with van der Waals surface area (Å²) < 4.78 is 0. The van der Waals surface area contributed by atoms with Crippen LogP contribution in [0.4, 0.5) is 0 Å². The van der Waals surface area contributed by atoms with E-state index >= 15 is 0 Å². The van der Waals surface area contributed by atoms with Gasteiger partial charge in [-0.25, -0.2) is 0 Å². The minimum absolute atomic E-state index is 0.384. The molecule has 2 aliphatic rings. The van der Waals surface area contributed by atoms with Crippen molar-refractivity contribution in [1.82, 2.24) is 0 Å². The van der Waals surface area contributed by atoms with E-state index in [9.17, 15) is 0 Å². The Morgan fingerprint density at radius 2 is 1.00 bits per heavy atom. The summed E-state index contributed by atoms with van der Waals surface area (Å²) in [5.41, 5.74) is 3.88. The highest BCUT2D eigenvalue weighted by Crippen LogP contribution is 2.76. The molecule has 0 N–H and O–H groups in total. The van der Waals surface area contributed by atoms with Crippen LogP contribution in [0.2, 0.25) is 0 Å². The minimum Gasteiger partial charge on any atom is -0.0622 e. The van der Waals surface area contributed by atoms with E-state index < -0.39 is 0 Å². The Kier molecular flexibility index (Phi) is 2.42. The van der Waals surface area contributed by atoms with Gasteiger partial charge in [0.1, 0.15) is 0 Å². The first-order valence-electron chi connectivity index (χ1n) is 7.84. The van der Waals surface area contributed by atoms with Crippen molar-refractivity contribution in [3.8, 4) is 0 Å². The first-order chi connectivity index (χ1) is 9.73. The second kappa shape index (κ2) is 3.97. The molecule has 2 aliphatic carbocycles. The molecule has 2 saturated carbocycles. The van der Waals surface area contributed by atoms with Crippen LogP contribution < -0.4 is 0 Å². The Bertz CT molecular complexity index is 558. The van der Waals surface area contributed by atoms with Gasteiger partial charge in [0.2, 0.25) is 0 Å².